The van der Waals surface area contributed by atoms with Gasteiger partial charge in [0.2, 0.25) is 0 Å². The van der Waals surface area contributed by atoms with Crippen LogP contribution in [0.15, 0.2) is 11.6 Å². The smallest absolute Gasteiger partial charge is 0.310 e. The Morgan fingerprint density at radius 3 is 2.34 bits per heavy atom. The molecule has 0 bridgehead atoms. The molecule has 0 aliphatic heterocycles. The Morgan fingerprint density at radius 2 is 1.66 bits per heavy atom. The van der Waals surface area contributed by atoms with E-state index in [9.17, 15) is 15.0 Å². The molecule has 4 fully saturated rings. The normalized spacial score (nSPS) is 54.3. The lowest BCUT2D eigenvalue weighted by Gasteiger charge is -2.71. The van der Waals surface area contributed by atoms with Crippen LogP contribution in [0.3, 0.4) is 0 Å². The van der Waals surface area contributed by atoms with Gasteiger partial charge < -0.3 is 10.2 Å². The van der Waals surface area contributed by atoms with Gasteiger partial charge in [-0.05, 0) is 96.7 Å². The predicted molar refractivity (Wildman–Crippen MR) is 128 cm³/mol. The molecule has 0 heterocycles. The third-order valence-electron chi connectivity index (χ3n) is 12.8. The second-order valence-corrected chi connectivity index (χ2v) is 14.0. The molecule has 0 unspecified atom stereocenters. The number of carboxylic acids is 1. The van der Waals surface area contributed by atoms with Crippen LogP contribution in [0.5, 0.6) is 0 Å². The third kappa shape index (κ3) is 2.56. The number of carboxylic acid groups (broad SMARTS) is 1. The van der Waals surface area contributed by atoms with Crippen molar-refractivity contribution in [3.05, 3.63) is 11.6 Å². The fourth-order valence-corrected chi connectivity index (χ4v) is 10.7. The molecule has 0 aromatic rings. The van der Waals surface area contributed by atoms with Crippen LogP contribution < -0.4 is 0 Å². The molecule has 4 saturated carbocycles. The Hall–Kier alpha value is -0.830. The number of fused-ring (bicyclic) bond motifs is 7. The van der Waals surface area contributed by atoms with E-state index in [1.165, 1.54) is 24.8 Å². The highest BCUT2D eigenvalue weighted by molar-refractivity contribution is 5.76. The van der Waals surface area contributed by atoms with Crippen LogP contribution in [0.1, 0.15) is 106 Å². The minimum Gasteiger partial charge on any atom is -0.481 e. The first-order valence-electron chi connectivity index (χ1n) is 13.5. The number of rotatable bonds is 1. The minimum atomic E-state index is -0.539. The van der Waals surface area contributed by atoms with Crippen molar-refractivity contribution in [3.63, 3.8) is 0 Å². The van der Waals surface area contributed by atoms with E-state index in [1.807, 2.05) is 0 Å². The lowest BCUT2D eigenvalue weighted by molar-refractivity contribution is -0.205. The van der Waals surface area contributed by atoms with Crippen molar-refractivity contribution < 1.29 is 15.0 Å². The van der Waals surface area contributed by atoms with Crippen LogP contribution in [-0.4, -0.2) is 22.3 Å². The molecule has 3 heteroatoms. The van der Waals surface area contributed by atoms with E-state index in [4.69, 9.17) is 0 Å². The first-order valence-corrected chi connectivity index (χ1v) is 13.5. The second kappa shape index (κ2) is 6.86. The van der Waals surface area contributed by atoms with E-state index in [0.29, 0.717) is 17.8 Å². The Kier molecular flexibility index (Phi) is 4.92. The summed E-state index contributed by atoms with van der Waals surface area (Å²) in [4.78, 5) is 12.7. The van der Waals surface area contributed by atoms with E-state index in [0.717, 1.165) is 44.9 Å². The van der Waals surface area contributed by atoms with Crippen molar-refractivity contribution in [1.29, 1.82) is 0 Å². The maximum Gasteiger partial charge on any atom is 0.310 e. The summed E-state index contributed by atoms with van der Waals surface area (Å²) in [5.74, 6) is 1.31. The molecular weight excluding hydrogens is 396 g/mol. The van der Waals surface area contributed by atoms with E-state index in [2.05, 4.69) is 47.6 Å². The zero-order chi connectivity index (χ0) is 23.3. The molecule has 9 atom stereocenters. The van der Waals surface area contributed by atoms with Crippen molar-refractivity contribution in [2.75, 3.05) is 0 Å². The van der Waals surface area contributed by atoms with Crippen LogP contribution in [0, 0.1) is 50.7 Å². The van der Waals surface area contributed by atoms with Crippen LogP contribution in [0.2, 0.25) is 0 Å². The maximum atomic E-state index is 12.7. The number of aliphatic carboxylic acids is 1. The van der Waals surface area contributed by atoms with E-state index < -0.39 is 11.4 Å². The average Bonchev–Trinajstić information content (AvgIpc) is 2.71. The first-order chi connectivity index (χ1) is 14.8. The predicted octanol–water partition coefficient (Wildman–Crippen LogP) is 6.84. The van der Waals surface area contributed by atoms with Crippen molar-refractivity contribution in [2.24, 2.45) is 50.7 Å². The van der Waals surface area contributed by atoms with E-state index in [1.54, 1.807) is 0 Å². The summed E-state index contributed by atoms with van der Waals surface area (Å²) in [6, 6.07) is 0. The number of carbonyl (C=O) groups is 1. The molecule has 3 nitrogen and oxygen atoms in total. The van der Waals surface area contributed by atoms with Crippen molar-refractivity contribution in [1.82, 2.24) is 0 Å². The Morgan fingerprint density at radius 1 is 0.938 bits per heavy atom. The standard InChI is InChI=1S/C29H46O3/c1-18-8-7-13-29(24(31)32)17-16-27(5)19(23(18)29)9-10-21-26(4)14-12-22(30)25(2,3)20(26)11-15-28(21,27)6/h9,18,20-23,30H,7-8,10-17H2,1-6H3,(H,31,32)/t18-,20-,21+,22-,23-,26-,27+,28+,29-/m0/s1. The molecule has 0 amide bonds. The first kappa shape index (κ1) is 22.9. The van der Waals surface area contributed by atoms with Crippen LogP contribution in [0.4, 0.5) is 0 Å². The van der Waals surface area contributed by atoms with Gasteiger partial charge in [-0.25, -0.2) is 0 Å². The molecule has 0 aromatic heterocycles. The summed E-state index contributed by atoms with van der Waals surface area (Å²) in [6.45, 7) is 14.6. The lowest BCUT2D eigenvalue weighted by Crippen LogP contribution is -2.65. The Balaban J connectivity index is 1.60. The summed E-state index contributed by atoms with van der Waals surface area (Å²) in [7, 11) is 0. The van der Waals surface area contributed by atoms with Gasteiger partial charge in [-0.1, -0.05) is 66.0 Å². The van der Waals surface area contributed by atoms with Gasteiger partial charge in [0.1, 0.15) is 0 Å². The Bertz CT molecular complexity index is 843. The van der Waals surface area contributed by atoms with E-state index >= 15 is 0 Å². The summed E-state index contributed by atoms with van der Waals surface area (Å²) >= 11 is 0. The SMILES string of the molecule is C[C@H]1CCC[C@]2(C(=O)O)CC[C@]3(C)C(=CC[C@@H]4[C@@]5(C)CC[C@H](O)C(C)(C)[C@@H]5CC[C@]43C)[C@H]12. The molecular formula is C29H46O3. The summed E-state index contributed by atoms with van der Waals surface area (Å²) in [5, 5.41) is 21.3. The number of allylic oxidation sites excluding steroid dienone is 2. The summed E-state index contributed by atoms with van der Waals surface area (Å²) in [6.07, 6.45) is 12.9. The number of aliphatic hydroxyl groups excluding tert-OH is 1. The largest absolute Gasteiger partial charge is 0.481 e. The van der Waals surface area contributed by atoms with Crippen molar-refractivity contribution >= 4 is 5.97 Å². The zero-order valence-electron chi connectivity index (χ0n) is 21.3. The molecule has 0 radical (unpaired) electrons. The van der Waals surface area contributed by atoms with Gasteiger partial charge in [-0.2, -0.15) is 0 Å². The maximum absolute atomic E-state index is 12.7. The van der Waals surface area contributed by atoms with Gasteiger partial charge in [-0.3, -0.25) is 4.79 Å². The van der Waals surface area contributed by atoms with Gasteiger partial charge in [0.25, 0.3) is 0 Å². The molecule has 0 saturated heterocycles. The Labute approximate surface area is 195 Å². The van der Waals surface area contributed by atoms with Gasteiger partial charge in [0.05, 0.1) is 11.5 Å². The van der Waals surface area contributed by atoms with E-state index in [-0.39, 0.29) is 33.7 Å². The highest BCUT2D eigenvalue weighted by Crippen LogP contribution is 2.75. The van der Waals surface area contributed by atoms with Crippen molar-refractivity contribution in [2.45, 2.75) is 112 Å². The molecule has 0 aromatic carbocycles. The van der Waals surface area contributed by atoms with Crippen molar-refractivity contribution in [3.8, 4) is 0 Å². The monoisotopic (exact) mass is 442 g/mol. The summed E-state index contributed by atoms with van der Waals surface area (Å²) < 4.78 is 0. The topological polar surface area (TPSA) is 57.5 Å². The van der Waals surface area contributed by atoms with Crippen LogP contribution >= 0.6 is 0 Å². The average molecular weight is 443 g/mol. The molecule has 0 spiro atoms. The lowest BCUT2D eigenvalue weighted by atomic mass is 9.33. The fourth-order valence-electron chi connectivity index (χ4n) is 10.7. The molecule has 32 heavy (non-hydrogen) atoms. The van der Waals surface area contributed by atoms with Gasteiger partial charge in [-0.15, -0.1) is 0 Å². The molecule has 2 N–H and O–H groups in total. The van der Waals surface area contributed by atoms with Gasteiger partial charge in [0.15, 0.2) is 0 Å². The zero-order valence-corrected chi connectivity index (χ0v) is 21.3. The minimum absolute atomic E-state index is 0.0257. The quantitative estimate of drug-likeness (QED) is 0.437. The number of hydrogen-bond acceptors (Lipinski definition) is 2. The second-order valence-electron chi connectivity index (χ2n) is 14.0. The molecule has 5 rings (SSSR count). The number of hydrogen-bond donors (Lipinski definition) is 2. The molecule has 180 valence electrons. The fraction of sp³-hybridized carbons (Fsp3) is 0.897. The molecule has 5 aliphatic carbocycles. The number of aliphatic hydroxyl groups is 1. The molecule has 5 aliphatic rings. The van der Waals surface area contributed by atoms with Gasteiger partial charge in [0, 0.05) is 0 Å². The van der Waals surface area contributed by atoms with Gasteiger partial charge >= 0.3 is 5.97 Å². The highest BCUT2D eigenvalue weighted by atomic mass is 16.4. The highest BCUT2D eigenvalue weighted by Gasteiger charge is 2.69. The summed E-state index contributed by atoms with van der Waals surface area (Å²) in [5.41, 5.74) is 1.52. The van der Waals surface area contributed by atoms with Crippen LogP contribution in [0.25, 0.3) is 0 Å². The third-order valence-corrected chi connectivity index (χ3v) is 12.8. The van der Waals surface area contributed by atoms with Crippen LogP contribution in [-0.2, 0) is 4.79 Å².